The van der Waals surface area contributed by atoms with Crippen molar-refractivity contribution in [1.29, 1.82) is 0 Å². The van der Waals surface area contributed by atoms with Crippen LogP contribution < -0.4 is 14.8 Å². The number of hydrogen-bond donors (Lipinski definition) is 2. The largest absolute Gasteiger partial charge is 0.494 e. The topological polar surface area (TPSA) is 80.3 Å². The molecule has 29 heavy (non-hydrogen) atoms. The van der Waals surface area contributed by atoms with E-state index >= 15 is 0 Å². The third-order valence-electron chi connectivity index (χ3n) is 4.49. The molecule has 0 saturated carbocycles. The number of anilines is 2. The predicted molar refractivity (Wildman–Crippen MR) is 117 cm³/mol. The van der Waals surface area contributed by atoms with E-state index in [1.165, 1.54) is 0 Å². The Morgan fingerprint density at radius 2 is 1.79 bits per heavy atom. The van der Waals surface area contributed by atoms with Crippen molar-refractivity contribution >= 4 is 32.3 Å². The van der Waals surface area contributed by atoms with Crippen molar-refractivity contribution in [2.45, 2.75) is 38.5 Å². The highest BCUT2D eigenvalue weighted by atomic mass is 32.2. The Morgan fingerprint density at radius 3 is 2.48 bits per heavy atom. The fraction of sp³-hybridized carbons (Fsp3) is 0.318. The second kappa shape index (κ2) is 9.24. The van der Waals surface area contributed by atoms with Gasteiger partial charge in [-0.2, -0.15) is 0 Å². The predicted octanol–water partition coefficient (Wildman–Crippen LogP) is 4.76. The zero-order valence-electron chi connectivity index (χ0n) is 17.0. The van der Waals surface area contributed by atoms with Crippen LogP contribution >= 0.6 is 0 Å². The Labute approximate surface area is 172 Å². The Balaban J connectivity index is 1.86. The van der Waals surface area contributed by atoms with Gasteiger partial charge in [0.1, 0.15) is 5.75 Å². The molecule has 0 saturated heterocycles. The molecular weight excluding hydrogens is 386 g/mol. The Morgan fingerprint density at radius 1 is 1.03 bits per heavy atom. The number of unbranched alkanes of at least 4 members (excludes halogenated alkanes) is 1. The first-order chi connectivity index (χ1) is 13.9. The van der Waals surface area contributed by atoms with Crippen LogP contribution in [0.15, 0.2) is 53.4 Å². The number of pyridine rings is 1. The monoisotopic (exact) mass is 413 g/mol. The number of fused-ring (bicyclic) bond motifs is 1. The Bertz CT molecular complexity index is 1080. The maximum absolute atomic E-state index is 12.3. The lowest BCUT2D eigenvalue weighted by atomic mass is 10.1. The normalized spacial score (nSPS) is 11.6. The van der Waals surface area contributed by atoms with E-state index < -0.39 is 10.0 Å². The summed E-state index contributed by atoms with van der Waals surface area (Å²) in [6, 6.07) is 14.5. The van der Waals surface area contributed by atoms with Gasteiger partial charge in [-0.3, -0.25) is 4.98 Å². The molecule has 2 N–H and O–H groups in total. The fourth-order valence-corrected chi connectivity index (χ4v) is 4.11. The molecule has 0 bridgehead atoms. The summed E-state index contributed by atoms with van der Waals surface area (Å²) in [4.78, 5) is 4.84. The highest BCUT2D eigenvalue weighted by Crippen LogP contribution is 2.30. The first-order valence-corrected chi connectivity index (χ1v) is 11.3. The van der Waals surface area contributed by atoms with Gasteiger partial charge in [-0.1, -0.05) is 13.3 Å². The van der Waals surface area contributed by atoms with E-state index in [1.807, 2.05) is 45.0 Å². The van der Waals surface area contributed by atoms with Crippen molar-refractivity contribution in [2.24, 2.45) is 0 Å². The lowest BCUT2D eigenvalue weighted by molar-refractivity contribution is 0.340. The van der Waals surface area contributed by atoms with Gasteiger partial charge in [0.05, 0.1) is 17.0 Å². The van der Waals surface area contributed by atoms with E-state index in [0.717, 1.165) is 46.6 Å². The number of benzene rings is 2. The van der Waals surface area contributed by atoms with E-state index in [1.54, 1.807) is 24.3 Å². The molecule has 0 aliphatic carbocycles. The summed E-state index contributed by atoms with van der Waals surface area (Å²) in [6.45, 7) is 6.96. The van der Waals surface area contributed by atoms with Crippen LogP contribution in [0.1, 0.15) is 32.4 Å². The SMILES string of the molecule is CCCCNS(=O)(=O)c1ccc(Nc2cc(C)nc3ccc(OCC)cc23)cc1. The molecule has 7 heteroatoms. The maximum Gasteiger partial charge on any atom is 0.240 e. The molecular formula is C22H27N3O3S. The van der Waals surface area contributed by atoms with Crippen molar-refractivity contribution in [3.8, 4) is 5.75 Å². The number of sulfonamides is 1. The molecule has 0 aliphatic rings. The first kappa shape index (κ1) is 21.1. The highest BCUT2D eigenvalue weighted by molar-refractivity contribution is 7.89. The molecule has 2 aromatic carbocycles. The van der Waals surface area contributed by atoms with E-state index in [4.69, 9.17) is 4.74 Å². The quantitative estimate of drug-likeness (QED) is 0.494. The van der Waals surface area contributed by atoms with Crippen LogP contribution in [0, 0.1) is 6.92 Å². The lowest BCUT2D eigenvalue weighted by Crippen LogP contribution is -2.24. The average Bonchev–Trinajstić information content (AvgIpc) is 2.69. The van der Waals surface area contributed by atoms with Crippen LogP contribution in [0.25, 0.3) is 10.9 Å². The van der Waals surface area contributed by atoms with Crippen LogP contribution in [0.2, 0.25) is 0 Å². The van der Waals surface area contributed by atoms with Crippen LogP contribution in [-0.2, 0) is 10.0 Å². The highest BCUT2D eigenvalue weighted by Gasteiger charge is 2.13. The van der Waals surface area contributed by atoms with Gasteiger partial charge in [0, 0.05) is 29.0 Å². The van der Waals surface area contributed by atoms with Gasteiger partial charge in [0.2, 0.25) is 10.0 Å². The van der Waals surface area contributed by atoms with Gasteiger partial charge in [0.25, 0.3) is 0 Å². The lowest BCUT2D eigenvalue weighted by Gasteiger charge is -2.13. The van der Waals surface area contributed by atoms with Crippen molar-refractivity contribution in [2.75, 3.05) is 18.5 Å². The second-order valence-corrected chi connectivity index (χ2v) is 8.59. The van der Waals surface area contributed by atoms with Gasteiger partial charge < -0.3 is 10.1 Å². The summed E-state index contributed by atoms with van der Waals surface area (Å²) >= 11 is 0. The molecule has 0 spiro atoms. The zero-order chi connectivity index (χ0) is 20.9. The number of rotatable bonds is 9. The van der Waals surface area contributed by atoms with Crippen LogP contribution in [0.5, 0.6) is 5.75 Å². The summed E-state index contributed by atoms with van der Waals surface area (Å²) in [5.41, 5.74) is 3.45. The minimum atomic E-state index is -3.48. The van der Waals surface area contributed by atoms with Crippen molar-refractivity contribution < 1.29 is 13.2 Å². The summed E-state index contributed by atoms with van der Waals surface area (Å²) in [5, 5.41) is 4.32. The van der Waals surface area contributed by atoms with Crippen molar-refractivity contribution in [3.05, 3.63) is 54.2 Å². The van der Waals surface area contributed by atoms with E-state index in [2.05, 4.69) is 15.0 Å². The van der Waals surface area contributed by atoms with Crippen LogP contribution in [-0.4, -0.2) is 26.6 Å². The average molecular weight is 414 g/mol. The number of aryl methyl sites for hydroxylation is 1. The smallest absolute Gasteiger partial charge is 0.240 e. The fourth-order valence-electron chi connectivity index (χ4n) is 3.04. The third kappa shape index (κ3) is 5.25. The molecule has 0 unspecified atom stereocenters. The molecule has 3 aromatic rings. The van der Waals surface area contributed by atoms with Gasteiger partial charge in [0.15, 0.2) is 0 Å². The standard InChI is InChI=1S/C22H27N3O3S/c1-4-6-13-23-29(26,27)19-10-7-17(8-11-19)25-22-14-16(3)24-21-12-9-18(28-5-2)15-20(21)22/h7-12,14-15,23H,4-6,13H2,1-3H3,(H,24,25). The first-order valence-electron chi connectivity index (χ1n) is 9.84. The molecule has 0 radical (unpaired) electrons. The minimum Gasteiger partial charge on any atom is -0.494 e. The number of nitrogens with one attached hydrogen (secondary N) is 2. The Hall–Kier alpha value is -2.64. The van der Waals surface area contributed by atoms with E-state index in [-0.39, 0.29) is 4.90 Å². The number of hydrogen-bond acceptors (Lipinski definition) is 5. The molecule has 3 rings (SSSR count). The number of aromatic nitrogens is 1. The number of nitrogens with zero attached hydrogens (tertiary/aromatic N) is 1. The maximum atomic E-state index is 12.3. The van der Waals surface area contributed by atoms with Gasteiger partial charge in [-0.15, -0.1) is 0 Å². The molecule has 1 heterocycles. The van der Waals surface area contributed by atoms with Gasteiger partial charge in [-0.05, 0) is 68.8 Å². The molecule has 6 nitrogen and oxygen atoms in total. The van der Waals surface area contributed by atoms with E-state index in [0.29, 0.717) is 13.2 Å². The van der Waals surface area contributed by atoms with Gasteiger partial charge >= 0.3 is 0 Å². The molecule has 1 aromatic heterocycles. The summed E-state index contributed by atoms with van der Waals surface area (Å²) in [7, 11) is -3.48. The van der Waals surface area contributed by atoms with Gasteiger partial charge in [-0.25, -0.2) is 13.1 Å². The third-order valence-corrected chi connectivity index (χ3v) is 5.96. The molecule has 0 aliphatic heterocycles. The van der Waals surface area contributed by atoms with Crippen molar-refractivity contribution in [3.63, 3.8) is 0 Å². The van der Waals surface area contributed by atoms with E-state index in [9.17, 15) is 8.42 Å². The molecule has 0 fully saturated rings. The van der Waals surface area contributed by atoms with Crippen LogP contribution in [0.3, 0.4) is 0 Å². The number of ether oxygens (including phenoxy) is 1. The van der Waals surface area contributed by atoms with Crippen LogP contribution in [0.4, 0.5) is 11.4 Å². The minimum absolute atomic E-state index is 0.258. The summed E-state index contributed by atoms with van der Waals surface area (Å²) in [6.07, 6.45) is 1.76. The zero-order valence-corrected chi connectivity index (χ0v) is 17.8. The molecule has 0 atom stereocenters. The summed E-state index contributed by atoms with van der Waals surface area (Å²) in [5.74, 6) is 0.785. The second-order valence-electron chi connectivity index (χ2n) is 6.82. The molecule has 0 amide bonds. The summed E-state index contributed by atoms with van der Waals surface area (Å²) < 4.78 is 32.9. The molecule has 154 valence electrons. The Kier molecular flexibility index (Phi) is 6.71. The van der Waals surface area contributed by atoms with Crippen molar-refractivity contribution in [1.82, 2.24) is 9.71 Å².